The Morgan fingerprint density at radius 1 is 1.33 bits per heavy atom. The predicted molar refractivity (Wildman–Crippen MR) is 90.7 cm³/mol. The van der Waals surface area contributed by atoms with Gasteiger partial charge in [0.15, 0.2) is 5.75 Å². The number of aromatic nitrogens is 1. The Bertz CT molecular complexity index is 803. The van der Waals surface area contributed by atoms with Crippen molar-refractivity contribution in [2.45, 2.75) is 25.7 Å². The van der Waals surface area contributed by atoms with E-state index in [4.69, 9.17) is 32.7 Å². The molecule has 1 heterocycles. The standard InChI is InChI=1S/C16H14Cl2N2O4/c1-8-3-4-10-13(7-19-16(23-2)14(8)10)24-15-11(17)5-9(20(21)22)6-12(15)18/h5-8H,3-4H2,1-2H3. The van der Waals surface area contributed by atoms with Crippen LogP contribution in [0.2, 0.25) is 10.0 Å². The Morgan fingerprint density at radius 3 is 2.58 bits per heavy atom. The summed E-state index contributed by atoms with van der Waals surface area (Å²) in [5, 5.41) is 11.0. The van der Waals surface area contributed by atoms with Crippen molar-refractivity contribution < 1.29 is 14.4 Å². The van der Waals surface area contributed by atoms with Gasteiger partial charge in [-0.1, -0.05) is 30.1 Å². The van der Waals surface area contributed by atoms with E-state index in [1.807, 2.05) is 0 Å². The molecule has 3 rings (SSSR count). The maximum Gasteiger partial charge on any atom is 0.272 e. The van der Waals surface area contributed by atoms with Gasteiger partial charge in [-0.2, -0.15) is 0 Å². The molecule has 0 radical (unpaired) electrons. The summed E-state index contributed by atoms with van der Waals surface area (Å²) >= 11 is 12.2. The number of non-ortho nitro benzene ring substituents is 1. The summed E-state index contributed by atoms with van der Waals surface area (Å²) in [7, 11) is 1.58. The molecule has 1 atom stereocenters. The molecule has 0 bridgehead atoms. The first-order valence-corrected chi connectivity index (χ1v) is 8.05. The van der Waals surface area contributed by atoms with E-state index >= 15 is 0 Å². The van der Waals surface area contributed by atoms with Crippen molar-refractivity contribution in [3.63, 3.8) is 0 Å². The third kappa shape index (κ3) is 2.87. The van der Waals surface area contributed by atoms with Crippen molar-refractivity contribution in [1.82, 2.24) is 4.98 Å². The van der Waals surface area contributed by atoms with Crippen molar-refractivity contribution >= 4 is 28.9 Å². The van der Waals surface area contributed by atoms with Crippen molar-refractivity contribution in [2.24, 2.45) is 0 Å². The zero-order valence-electron chi connectivity index (χ0n) is 13.0. The largest absolute Gasteiger partial charge is 0.481 e. The lowest BCUT2D eigenvalue weighted by Gasteiger charge is -2.15. The molecule has 0 N–H and O–H groups in total. The molecule has 1 aliphatic rings. The number of nitrogens with zero attached hydrogens (tertiary/aromatic N) is 2. The van der Waals surface area contributed by atoms with E-state index in [1.165, 1.54) is 12.1 Å². The van der Waals surface area contributed by atoms with Gasteiger partial charge in [0.2, 0.25) is 5.88 Å². The van der Waals surface area contributed by atoms with Crippen LogP contribution in [0.1, 0.15) is 30.4 Å². The molecule has 1 aromatic heterocycles. The quantitative estimate of drug-likeness (QED) is 0.551. The molecule has 0 spiro atoms. The molecule has 126 valence electrons. The Morgan fingerprint density at radius 2 is 2.00 bits per heavy atom. The van der Waals surface area contributed by atoms with Gasteiger partial charge in [0.1, 0.15) is 5.75 Å². The molecular weight excluding hydrogens is 355 g/mol. The molecule has 1 aliphatic carbocycles. The number of hydrogen-bond acceptors (Lipinski definition) is 5. The second kappa shape index (κ2) is 6.45. The molecule has 0 amide bonds. The van der Waals surface area contributed by atoms with Gasteiger partial charge in [0.25, 0.3) is 5.69 Å². The fraction of sp³-hybridized carbons (Fsp3) is 0.312. The Balaban J connectivity index is 2.03. The predicted octanol–water partition coefficient (Wildman–Crippen LogP) is 5.15. The molecule has 1 unspecified atom stereocenters. The number of rotatable bonds is 4. The molecule has 2 aromatic rings. The Hall–Kier alpha value is -2.05. The number of ether oxygens (including phenoxy) is 2. The number of methoxy groups -OCH3 is 1. The lowest BCUT2D eigenvalue weighted by atomic mass is 10.1. The van der Waals surface area contributed by atoms with Crippen molar-refractivity contribution in [3.8, 4) is 17.4 Å². The average molecular weight is 369 g/mol. The van der Waals surface area contributed by atoms with Crippen LogP contribution in [0.3, 0.4) is 0 Å². The Kier molecular flexibility index (Phi) is 4.51. The minimum absolute atomic E-state index is 0.0739. The zero-order chi connectivity index (χ0) is 17.4. The van der Waals surface area contributed by atoms with Crippen LogP contribution >= 0.6 is 23.2 Å². The minimum Gasteiger partial charge on any atom is -0.481 e. The molecule has 0 saturated heterocycles. The molecule has 6 nitrogen and oxygen atoms in total. The average Bonchev–Trinajstić information content (AvgIpc) is 2.93. The highest BCUT2D eigenvalue weighted by molar-refractivity contribution is 6.37. The fourth-order valence-corrected chi connectivity index (χ4v) is 3.46. The molecule has 1 aromatic carbocycles. The maximum absolute atomic E-state index is 10.9. The summed E-state index contributed by atoms with van der Waals surface area (Å²) in [6.07, 6.45) is 3.35. The zero-order valence-corrected chi connectivity index (χ0v) is 14.5. The van der Waals surface area contributed by atoms with Crippen molar-refractivity contribution in [2.75, 3.05) is 7.11 Å². The van der Waals surface area contributed by atoms with E-state index in [0.29, 0.717) is 17.5 Å². The van der Waals surface area contributed by atoms with Gasteiger partial charge in [-0.25, -0.2) is 4.98 Å². The summed E-state index contributed by atoms with van der Waals surface area (Å²) in [5.41, 5.74) is 1.83. The molecule has 0 saturated carbocycles. The first-order valence-electron chi connectivity index (χ1n) is 7.29. The number of fused-ring (bicyclic) bond motifs is 1. The van der Waals surface area contributed by atoms with E-state index in [2.05, 4.69) is 11.9 Å². The number of pyridine rings is 1. The third-order valence-corrected chi connectivity index (χ3v) is 4.63. The van der Waals surface area contributed by atoms with Crippen LogP contribution in [0.5, 0.6) is 17.4 Å². The summed E-state index contributed by atoms with van der Waals surface area (Å²) in [5.74, 6) is 1.61. The van der Waals surface area contributed by atoms with Gasteiger partial charge in [-0.3, -0.25) is 10.1 Å². The Labute approximate surface area is 148 Å². The van der Waals surface area contributed by atoms with Crippen LogP contribution in [-0.2, 0) is 6.42 Å². The van der Waals surface area contributed by atoms with Crippen molar-refractivity contribution in [3.05, 3.63) is 49.6 Å². The van der Waals surface area contributed by atoms with E-state index in [0.717, 1.165) is 24.0 Å². The molecule has 8 heteroatoms. The summed E-state index contributed by atoms with van der Waals surface area (Å²) < 4.78 is 11.2. The van der Waals surface area contributed by atoms with E-state index in [9.17, 15) is 10.1 Å². The molecule has 0 aliphatic heterocycles. The fourth-order valence-electron chi connectivity index (χ4n) is 2.91. The SMILES string of the molecule is COc1ncc(Oc2c(Cl)cc([N+](=O)[O-])cc2Cl)c2c1C(C)CC2. The van der Waals surface area contributed by atoms with Crippen LogP contribution in [0.4, 0.5) is 5.69 Å². The van der Waals surface area contributed by atoms with E-state index in [1.54, 1.807) is 13.3 Å². The van der Waals surface area contributed by atoms with Gasteiger partial charge >= 0.3 is 0 Å². The smallest absolute Gasteiger partial charge is 0.272 e. The van der Waals surface area contributed by atoms with E-state index < -0.39 is 4.92 Å². The van der Waals surface area contributed by atoms with Crippen molar-refractivity contribution in [1.29, 1.82) is 0 Å². The number of nitro groups is 1. The highest BCUT2D eigenvalue weighted by Gasteiger charge is 2.28. The third-order valence-electron chi connectivity index (χ3n) is 4.07. The van der Waals surface area contributed by atoms with Crippen LogP contribution in [0.15, 0.2) is 18.3 Å². The van der Waals surface area contributed by atoms with Gasteiger partial charge in [0.05, 0.1) is 28.3 Å². The second-order valence-corrected chi connectivity index (χ2v) is 6.38. The van der Waals surface area contributed by atoms with Crippen LogP contribution in [0, 0.1) is 10.1 Å². The molecular formula is C16H14Cl2N2O4. The molecule has 0 fully saturated rings. The monoisotopic (exact) mass is 368 g/mol. The lowest BCUT2D eigenvalue weighted by molar-refractivity contribution is -0.384. The highest BCUT2D eigenvalue weighted by atomic mass is 35.5. The summed E-state index contributed by atoms with van der Waals surface area (Å²) in [6.45, 7) is 2.10. The van der Waals surface area contributed by atoms with Crippen LogP contribution in [-0.4, -0.2) is 17.0 Å². The van der Waals surface area contributed by atoms with Gasteiger partial charge in [-0.15, -0.1) is 0 Å². The number of benzene rings is 1. The topological polar surface area (TPSA) is 74.5 Å². The van der Waals surface area contributed by atoms with E-state index in [-0.39, 0.29) is 21.5 Å². The van der Waals surface area contributed by atoms with Crippen LogP contribution in [0.25, 0.3) is 0 Å². The summed E-state index contributed by atoms with van der Waals surface area (Å²) in [4.78, 5) is 14.6. The highest BCUT2D eigenvalue weighted by Crippen LogP contribution is 2.46. The number of hydrogen-bond donors (Lipinski definition) is 0. The summed E-state index contributed by atoms with van der Waals surface area (Å²) in [6, 6.07) is 2.42. The first-order chi connectivity index (χ1) is 11.4. The molecule has 24 heavy (non-hydrogen) atoms. The number of nitro benzene ring substituents is 1. The lowest BCUT2D eigenvalue weighted by Crippen LogP contribution is -2.00. The minimum atomic E-state index is -0.560. The second-order valence-electron chi connectivity index (χ2n) is 5.56. The number of halogens is 2. The maximum atomic E-state index is 10.9. The van der Waals surface area contributed by atoms with Crippen LogP contribution < -0.4 is 9.47 Å². The van der Waals surface area contributed by atoms with Gasteiger partial charge in [0, 0.05) is 23.3 Å². The van der Waals surface area contributed by atoms with Gasteiger partial charge in [-0.05, 0) is 18.8 Å². The van der Waals surface area contributed by atoms with Gasteiger partial charge < -0.3 is 9.47 Å². The normalized spacial score (nSPS) is 15.9. The first kappa shape index (κ1) is 16.8.